The van der Waals surface area contributed by atoms with Crippen LogP contribution in [-0.4, -0.2) is 0 Å². The lowest BCUT2D eigenvalue weighted by molar-refractivity contribution is 0.633. The number of rotatable bonds is 4. The molecule has 298 valence electrons. The molecule has 1 unspecified atom stereocenters. The SMILES string of the molecule is c1ccc(C2c3ccccc3-c3ccc(N(c4ccccc4)c4cccc5c4C4(c6ccccc6-c6ccccc64)c4ccccc4C54c5ccccc5-c5ccccc54)cc32)cc1. The summed E-state index contributed by atoms with van der Waals surface area (Å²) in [6.45, 7) is 0. The lowest BCUT2D eigenvalue weighted by Gasteiger charge is -2.50. The molecule has 0 saturated heterocycles. The van der Waals surface area contributed by atoms with Crippen molar-refractivity contribution in [2.45, 2.75) is 16.7 Å². The van der Waals surface area contributed by atoms with Crippen LogP contribution in [0.25, 0.3) is 33.4 Å². The van der Waals surface area contributed by atoms with Gasteiger partial charge in [-0.1, -0.05) is 212 Å². The maximum absolute atomic E-state index is 2.57. The zero-order valence-corrected chi connectivity index (χ0v) is 35.1. The molecule has 1 heteroatoms. The van der Waals surface area contributed by atoms with E-state index in [9.17, 15) is 0 Å². The van der Waals surface area contributed by atoms with Gasteiger partial charge in [-0.2, -0.15) is 0 Å². The van der Waals surface area contributed by atoms with Crippen LogP contribution in [0.2, 0.25) is 0 Å². The molecule has 1 nitrogen and oxygen atoms in total. The second kappa shape index (κ2) is 13.3. The maximum atomic E-state index is 2.57. The standard InChI is InChI=1S/C63H41N/c1-3-20-41(21-4-1)60-50-29-8-7-24-44(50)45-39-38-43(40-51(45)60)64(42-22-5-2-6-23-42)59-37-19-36-58-61(59)63(54-32-15-11-27-48(54)49-28-12-16-33-55(49)63)57-35-18-17-34-56(57)62(58)52-30-13-9-25-46(52)47-26-10-14-31-53(47)62/h1-40,60H. The Balaban J connectivity index is 1.14. The molecule has 0 bridgehead atoms. The summed E-state index contributed by atoms with van der Waals surface area (Å²) in [5.41, 5.74) is 24.7. The van der Waals surface area contributed by atoms with Crippen LogP contribution in [0, 0.1) is 0 Å². The summed E-state index contributed by atoms with van der Waals surface area (Å²) in [5, 5.41) is 0. The first-order chi connectivity index (χ1) is 31.8. The highest BCUT2D eigenvalue weighted by atomic mass is 15.1. The average Bonchev–Trinajstić information content (AvgIpc) is 3.97. The van der Waals surface area contributed by atoms with Crippen molar-refractivity contribution < 1.29 is 0 Å². The molecule has 0 amide bonds. The van der Waals surface area contributed by atoms with Crippen LogP contribution in [0.15, 0.2) is 243 Å². The summed E-state index contributed by atoms with van der Waals surface area (Å²) in [6.07, 6.45) is 0. The van der Waals surface area contributed by atoms with Crippen LogP contribution in [0.1, 0.15) is 67.1 Å². The molecule has 0 aromatic heterocycles. The molecule has 0 heterocycles. The predicted octanol–water partition coefficient (Wildman–Crippen LogP) is 15.4. The van der Waals surface area contributed by atoms with Crippen molar-refractivity contribution in [2.24, 2.45) is 0 Å². The van der Waals surface area contributed by atoms with Crippen molar-refractivity contribution in [3.63, 3.8) is 0 Å². The summed E-state index contributed by atoms with van der Waals surface area (Å²) in [5.74, 6) is 0.122. The third kappa shape index (κ3) is 4.43. The number of hydrogen-bond donors (Lipinski definition) is 0. The molecule has 10 aromatic rings. The topological polar surface area (TPSA) is 3.24 Å². The first-order valence-electron chi connectivity index (χ1n) is 22.6. The fraction of sp³-hybridized carbons (Fsp3) is 0.0476. The van der Waals surface area contributed by atoms with Crippen molar-refractivity contribution in [3.8, 4) is 33.4 Å². The number of hydrogen-bond acceptors (Lipinski definition) is 1. The van der Waals surface area contributed by atoms with Crippen LogP contribution in [0.5, 0.6) is 0 Å². The van der Waals surface area contributed by atoms with Gasteiger partial charge in [0.25, 0.3) is 0 Å². The molecule has 2 spiro atoms. The Labute approximate surface area is 374 Å². The van der Waals surface area contributed by atoms with Crippen molar-refractivity contribution in [1.82, 2.24) is 0 Å². The molecule has 4 aliphatic rings. The lowest BCUT2D eigenvalue weighted by Crippen LogP contribution is -2.44. The second-order valence-corrected chi connectivity index (χ2v) is 17.8. The second-order valence-electron chi connectivity index (χ2n) is 17.8. The smallest absolute Gasteiger partial charge is 0.0740 e. The van der Waals surface area contributed by atoms with Crippen molar-refractivity contribution in [3.05, 3.63) is 304 Å². The Morgan fingerprint density at radius 2 is 0.719 bits per heavy atom. The minimum Gasteiger partial charge on any atom is -0.310 e. The van der Waals surface area contributed by atoms with E-state index in [1.807, 2.05) is 0 Å². The van der Waals surface area contributed by atoms with Gasteiger partial charge in [-0.15, -0.1) is 0 Å². The maximum Gasteiger partial charge on any atom is 0.0740 e. The zero-order valence-electron chi connectivity index (χ0n) is 35.1. The first-order valence-corrected chi connectivity index (χ1v) is 22.6. The number of para-hydroxylation sites is 1. The van der Waals surface area contributed by atoms with E-state index < -0.39 is 10.8 Å². The fourth-order valence-corrected chi connectivity index (χ4v) is 12.8. The van der Waals surface area contributed by atoms with Crippen molar-refractivity contribution in [1.29, 1.82) is 0 Å². The highest BCUT2D eigenvalue weighted by molar-refractivity contribution is 5.97. The van der Waals surface area contributed by atoms with Gasteiger partial charge in [0, 0.05) is 22.9 Å². The Morgan fingerprint density at radius 3 is 1.31 bits per heavy atom. The van der Waals surface area contributed by atoms with E-state index in [0.29, 0.717) is 0 Å². The zero-order chi connectivity index (χ0) is 42.0. The van der Waals surface area contributed by atoms with Crippen molar-refractivity contribution in [2.75, 3.05) is 4.90 Å². The van der Waals surface area contributed by atoms with E-state index in [1.165, 1.54) is 100 Å². The average molecular weight is 812 g/mol. The van der Waals surface area contributed by atoms with Crippen LogP contribution < -0.4 is 4.90 Å². The Hall–Kier alpha value is -8.00. The summed E-state index contributed by atoms with van der Waals surface area (Å²) in [4.78, 5) is 2.57. The molecule has 0 fully saturated rings. The summed E-state index contributed by atoms with van der Waals surface area (Å²) < 4.78 is 0. The summed E-state index contributed by atoms with van der Waals surface area (Å²) in [7, 11) is 0. The molecule has 64 heavy (non-hydrogen) atoms. The van der Waals surface area contributed by atoms with Gasteiger partial charge in [-0.3, -0.25) is 0 Å². The molecular formula is C63H41N. The summed E-state index contributed by atoms with van der Waals surface area (Å²) in [6, 6.07) is 91.8. The molecule has 14 rings (SSSR count). The van der Waals surface area contributed by atoms with E-state index in [2.05, 4.69) is 248 Å². The Bertz CT molecular complexity index is 3430. The Kier molecular flexibility index (Phi) is 7.37. The third-order valence-corrected chi connectivity index (χ3v) is 15.0. The van der Waals surface area contributed by atoms with E-state index >= 15 is 0 Å². The van der Waals surface area contributed by atoms with E-state index in [4.69, 9.17) is 0 Å². The predicted molar refractivity (Wildman–Crippen MR) is 262 cm³/mol. The number of benzene rings is 10. The van der Waals surface area contributed by atoms with E-state index in [1.54, 1.807) is 0 Å². The number of anilines is 3. The molecule has 1 atom stereocenters. The monoisotopic (exact) mass is 811 g/mol. The van der Waals surface area contributed by atoms with Gasteiger partial charge in [0.05, 0.1) is 16.5 Å². The van der Waals surface area contributed by atoms with Crippen LogP contribution in [0.3, 0.4) is 0 Å². The minimum absolute atomic E-state index is 0.122. The quantitative estimate of drug-likeness (QED) is 0.171. The number of nitrogens with zero attached hydrogens (tertiary/aromatic N) is 1. The third-order valence-electron chi connectivity index (χ3n) is 15.0. The molecule has 4 aliphatic carbocycles. The van der Waals surface area contributed by atoms with E-state index in [-0.39, 0.29) is 5.92 Å². The molecule has 0 radical (unpaired) electrons. The van der Waals surface area contributed by atoms with Crippen molar-refractivity contribution >= 4 is 17.1 Å². The molecule has 10 aromatic carbocycles. The highest BCUT2D eigenvalue weighted by Gasteiger charge is 2.60. The van der Waals surface area contributed by atoms with Gasteiger partial charge < -0.3 is 4.90 Å². The molecular weight excluding hydrogens is 771 g/mol. The van der Waals surface area contributed by atoms with Gasteiger partial charge in [0.2, 0.25) is 0 Å². The van der Waals surface area contributed by atoms with Gasteiger partial charge in [-0.05, 0) is 119 Å². The first kappa shape index (κ1) is 35.6. The van der Waals surface area contributed by atoms with Gasteiger partial charge in [0.1, 0.15) is 0 Å². The molecule has 0 N–H and O–H groups in total. The molecule has 0 saturated carbocycles. The van der Waals surface area contributed by atoms with Crippen LogP contribution >= 0.6 is 0 Å². The van der Waals surface area contributed by atoms with E-state index in [0.717, 1.165) is 11.4 Å². The largest absolute Gasteiger partial charge is 0.310 e. The van der Waals surface area contributed by atoms with Crippen LogP contribution in [-0.2, 0) is 10.8 Å². The minimum atomic E-state index is -0.639. The van der Waals surface area contributed by atoms with Crippen LogP contribution in [0.4, 0.5) is 17.1 Å². The van der Waals surface area contributed by atoms with Gasteiger partial charge >= 0.3 is 0 Å². The Morgan fingerprint density at radius 1 is 0.281 bits per heavy atom. The summed E-state index contributed by atoms with van der Waals surface area (Å²) >= 11 is 0. The molecule has 0 aliphatic heterocycles. The fourth-order valence-electron chi connectivity index (χ4n) is 12.8. The normalized spacial score (nSPS) is 15.6. The highest BCUT2D eigenvalue weighted by Crippen LogP contribution is 2.69. The lowest BCUT2D eigenvalue weighted by atomic mass is 9.52. The number of fused-ring (bicyclic) bond motifs is 19. The van der Waals surface area contributed by atoms with Gasteiger partial charge in [-0.25, -0.2) is 0 Å². The van der Waals surface area contributed by atoms with Gasteiger partial charge in [0.15, 0.2) is 0 Å².